The molecule has 7 nitrogen and oxygen atoms in total. The highest BCUT2D eigenvalue weighted by Crippen LogP contribution is 2.31. The van der Waals surface area contributed by atoms with Crippen LogP contribution in [0, 0.1) is 12.3 Å². The molecule has 3 rings (SSSR count). The highest BCUT2D eigenvalue weighted by atomic mass is 19.4. The van der Waals surface area contributed by atoms with E-state index in [2.05, 4.69) is 16.2 Å². The van der Waals surface area contributed by atoms with E-state index in [4.69, 9.17) is 16.3 Å². The van der Waals surface area contributed by atoms with Gasteiger partial charge in [-0.25, -0.2) is 9.78 Å². The molecule has 2 aromatic carbocycles. The van der Waals surface area contributed by atoms with Crippen LogP contribution < -0.4 is 15.4 Å². The van der Waals surface area contributed by atoms with Crippen molar-refractivity contribution in [2.45, 2.75) is 12.7 Å². The van der Waals surface area contributed by atoms with Crippen molar-refractivity contribution >= 4 is 17.7 Å². The van der Waals surface area contributed by atoms with Gasteiger partial charge in [-0.2, -0.15) is 13.2 Å². The van der Waals surface area contributed by atoms with E-state index in [1.54, 1.807) is 24.3 Å². The third-order valence-electron chi connectivity index (χ3n) is 4.20. The van der Waals surface area contributed by atoms with E-state index < -0.39 is 29.8 Å². The number of nitrogens with one attached hydrogen (secondary N) is 2. The van der Waals surface area contributed by atoms with E-state index >= 15 is 0 Å². The standard InChI is InChI=1S/C23H16F3N3O4/c1-2-14-5-3-7-17(9-14)28-21(30)16-6-4-8-18(12-16)33-20-11-15(13-27-22(31)32)10-19(29-20)23(24,25)26/h1,3-12,27H,13H2,(H,28,30)(H,31,32). The van der Waals surface area contributed by atoms with Gasteiger partial charge < -0.3 is 20.5 Å². The quantitative estimate of drug-likeness (QED) is 0.460. The van der Waals surface area contributed by atoms with Crippen LogP contribution in [0.2, 0.25) is 0 Å². The lowest BCUT2D eigenvalue weighted by Gasteiger charge is -2.13. The molecule has 33 heavy (non-hydrogen) atoms. The van der Waals surface area contributed by atoms with Gasteiger partial charge in [-0.15, -0.1) is 6.42 Å². The summed E-state index contributed by atoms with van der Waals surface area (Å²) in [4.78, 5) is 26.7. The smallest absolute Gasteiger partial charge is 0.433 e. The monoisotopic (exact) mass is 455 g/mol. The number of nitrogens with zero attached hydrogens (tertiary/aromatic N) is 1. The lowest BCUT2D eigenvalue weighted by molar-refractivity contribution is -0.141. The maximum atomic E-state index is 13.2. The summed E-state index contributed by atoms with van der Waals surface area (Å²) in [6.07, 6.45) is -0.819. The molecule has 0 saturated heterocycles. The summed E-state index contributed by atoms with van der Waals surface area (Å²) >= 11 is 0. The Bertz CT molecular complexity index is 1240. The van der Waals surface area contributed by atoms with Gasteiger partial charge in [0.05, 0.1) is 0 Å². The minimum absolute atomic E-state index is 0.00276. The third kappa shape index (κ3) is 6.48. The number of benzene rings is 2. The number of hydrogen-bond donors (Lipinski definition) is 3. The number of halogens is 3. The molecular weight excluding hydrogens is 439 g/mol. The van der Waals surface area contributed by atoms with Crippen LogP contribution in [-0.4, -0.2) is 22.1 Å². The molecule has 0 radical (unpaired) electrons. The van der Waals surface area contributed by atoms with Crippen molar-refractivity contribution in [3.8, 4) is 24.0 Å². The highest BCUT2D eigenvalue weighted by Gasteiger charge is 2.33. The van der Waals surface area contributed by atoms with E-state index in [9.17, 15) is 22.8 Å². The summed E-state index contributed by atoms with van der Waals surface area (Å²) in [5, 5.41) is 13.4. The number of terminal acetylenes is 1. The fourth-order valence-corrected chi connectivity index (χ4v) is 2.75. The van der Waals surface area contributed by atoms with Crippen LogP contribution in [0.25, 0.3) is 0 Å². The molecule has 0 unspecified atom stereocenters. The minimum atomic E-state index is -4.77. The van der Waals surface area contributed by atoms with Crippen LogP contribution in [0.3, 0.4) is 0 Å². The van der Waals surface area contributed by atoms with Crippen molar-refractivity contribution in [2.75, 3.05) is 5.32 Å². The zero-order valence-electron chi connectivity index (χ0n) is 16.8. The average Bonchev–Trinajstić information content (AvgIpc) is 2.77. The van der Waals surface area contributed by atoms with Crippen LogP contribution >= 0.6 is 0 Å². The van der Waals surface area contributed by atoms with Crippen LogP contribution in [0.4, 0.5) is 23.7 Å². The van der Waals surface area contributed by atoms with E-state index in [1.807, 2.05) is 5.32 Å². The number of rotatable bonds is 6. The first kappa shape index (κ1) is 23.1. The molecule has 168 valence electrons. The lowest BCUT2D eigenvalue weighted by Crippen LogP contribution is -2.20. The maximum Gasteiger partial charge on any atom is 0.433 e. The Morgan fingerprint density at radius 3 is 2.55 bits per heavy atom. The molecule has 0 fully saturated rings. The van der Waals surface area contributed by atoms with Crippen molar-refractivity contribution in [3.63, 3.8) is 0 Å². The lowest BCUT2D eigenvalue weighted by atomic mass is 10.1. The molecule has 0 spiro atoms. The third-order valence-corrected chi connectivity index (χ3v) is 4.20. The minimum Gasteiger partial charge on any atom is -0.465 e. The van der Waals surface area contributed by atoms with E-state index in [1.165, 1.54) is 30.3 Å². The Labute approximate surface area is 186 Å². The molecule has 3 aromatic rings. The Hall–Kier alpha value is -4.52. The van der Waals surface area contributed by atoms with Crippen molar-refractivity contribution in [2.24, 2.45) is 0 Å². The second kappa shape index (κ2) is 9.74. The van der Waals surface area contributed by atoms with E-state index in [0.717, 1.165) is 6.07 Å². The molecule has 0 aliphatic heterocycles. The number of pyridine rings is 1. The largest absolute Gasteiger partial charge is 0.465 e. The number of aromatic nitrogens is 1. The highest BCUT2D eigenvalue weighted by molar-refractivity contribution is 6.04. The van der Waals surface area contributed by atoms with Crippen molar-refractivity contribution < 1.29 is 32.6 Å². The molecule has 0 saturated carbocycles. The first-order chi connectivity index (χ1) is 15.6. The molecule has 0 aliphatic carbocycles. The summed E-state index contributed by atoms with van der Waals surface area (Å²) in [7, 11) is 0. The van der Waals surface area contributed by atoms with Gasteiger partial charge in [0.25, 0.3) is 5.91 Å². The Morgan fingerprint density at radius 2 is 1.85 bits per heavy atom. The summed E-state index contributed by atoms with van der Waals surface area (Å²) in [5.41, 5.74) is -0.0227. The van der Waals surface area contributed by atoms with Gasteiger partial charge >= 0.3 is 12.3 Å². The fourth-order valence-electron chi connectivity index (χ4n) is 2.75. The van der Waals surface area contributed by atoms with Crippen LogP contribution in [-0.2, 0) is 12.7 Å². The second-order valence-electron chi connectivity index (χ2n) is 6.66. The van der Waals surface area contributed by atoms with Gasteiger partial charge in [-0.1, -0.05) is 18.1 Å². The number of carboxylic acid groups (broad SMARTS) is 1. The number of anilines is 1. The summed E-state index contributed by atoms with van der Waals surface area (Å²) in [6, 6.07) is 14.3. The number of alkyl halides is 3. The summed E-state index contributed by atoms with van der Waals surface area (Å²) in [6.45, 7) is -0.379. The first-order valence-electron chi connectivity index (χ1n) is 9.35. The Balaban J connectivity index is 1.82. The summed E-state index contributed by atoms with van der Waals surface area (Å²) in [5.74, 6) is 1.62. The van der Waals surface area contributed by atoms with Crippen LogP contribution in [0.15, 0.2) is 60.7 Å². The summed E-state index contributed by atoms with van der Waals surface area (Å²) < 4.78 is 45.0. The molecule has 2 amide bonds. The van der Waals surface area contributed by atoms with Gasteiger partial charge in [-0.05, 0) is 48.0 Å². The van der Waals surface area contributed by atoms with E-state index in [-0.39, 0.29) is 23.4 Å². The van der Waals surface area contributed by atoms with Gasteiger partial charge in [0.15, 0.2) is 0 Å². The fraction of sp³-hybridized carbons (Fsp3) is 0.0870. The number of ether oxygens (including phenoxy) is 1. The maximum absolute atomic E-state index is 13.2. The normalized spacial score (nSPS) is 10.7. The number of hydrogen-bond acceptors (Lipinski definition) is 4. The van der Waals surface area contributed by atoms with Gasteiger partial charge in [0, 0.05) is 29.4 Å². The van der Waals surface area contributed by atoms with Crippen molar-refractivity contribution in [3.05, 3.63) is 83.0 Å². The zero-order chi connectivity index (χ0) is 24.0. The molecule has 0 aliphatic rings. The predicted octanol–water partition coefficient (Wildman–Crippen LogP) is 4.89. The predicted molar refractivity (Wildman–Crippen MR) is 113 cm³/mol. The molecule has 1 aromatic heterocycles. The Morgan fingerprint density at radius 1 is 1.09 bits per heavy atom. The molecule has 1 heterocycles. The molecular formula is C23H16F3N3O4. The number of carbonyl (C=O) groups is 2. The molecule has 0 bridgehead atoms. The van der Waals surface area contributed by atoms with Crippen LogP contribution in [0.1, 0.15) is 27.2 Å². The average molecular weight is 455 g/mol. The van der Waals surface area contributed by atoms with Crippen molar-refractivity contribution in [1.29, 1.82) is 0 Å². The van der Waals surface area contributed by atoms with E-state index in [0.29, 0.717) is 11.3 Å². The Kier molecular flexibility index (Phi) is 6.83. The van der Waals surface area contributed by atoms with Crippen LogP contribution in [0.5, 0.6) is 11.6 Å². The second-order valence-corrected chi connectivity index (χ2v) is 6.66. The van der Waals surface area contributed by atoms with Gasteiger partial charge in [-0.3, -0.25) is 4.79 Å². The van der Waals surface area contributed by atoms with Gasteiger partial charge in [0.2, 0.25) is 5.88 Å². The van der Waals surface area contributed by atoms with Crippen molar-refractivity contribution in [1.82, 2.24) is 10.3 Å². The van der Waals surface area contributed by atoms with Gasteiger partial charge in [0.1, 0.15) is 11.4 Å². The molecule has 10 heteroatoms. The zero-order valence-corrected chi connectivity index (χ0v) is 16.8. The number of amides is 2. The SMILES string of the molecule is C#Cc1cccc(NC(=O)c2cccc(Oc3cc(CNC(=O)O)cc(C(F)(F)F)n3)c2)c1. The molecule has 0 atom stereocenters. The topological polar surface area (TPSA) is 101 Å². The molecule has 3 N–H and O–H groups in total. The first-order valence-corrected chi connectivity index (χ1v) is 9.35. The number of carbonyl (C=O) groups excluding carboxylic acids is 1.